The second-order valence-corrected chi connectivity index (χ2v) is 12.6. The Hall–Kier alpha value is -4.07. The first-order valence-electron chi connectivity index (χ1n) is 14.5. The van der Waals surface area contributed by atoms with Gasteiger partial charge in [0.05, 0.1) is 4.75 Å². The predicted octanol–water partition coefficient (Wildman–Crippen LogP) is 7.54. The Morgan fingerprint density at radius 2 is 1.21 bits per heavy atom. The molecular formula is C36H40N2O4S. The van der Waals surface area contributed by atoms with E-state index in [2.05, 4.69) is 41.8 Å². The van der Waals surface area contributed by atoms with Gasteiger partial charge in [0.15, 0.2) is 0 Å². The van der Waals surface area contributed by atoms with Gasteiger partial charge in [-0.2, -0.15) is 0 Å². The lowest BCUT2D eigenvalue weighted by Crippen LogP contribution is -2.54. The van der Waals surface area contributed by atoms with E-state index >= 15 is 0 Å². The van der Waals surface area contributed by atoms with Crippen LogP contribution in [0, 0.1) is 0 Å². The normalized spacial score (nSPS) is 12.3. The smallest absolute Gasteiger partial charge is 0.424 e. The van der Waals surface area contributed by atoms with Crippen LogP contribution < -0.4 is 5.43 Å². The Morgan fingerprint density at radius 3 is 1.63 bits per heavy atom. The molecule has 0 saturated heterocycles. The topological polar surface area (TPSA) is 78.9 Å². The summed E-state index contributed by atoms with van der Waals surface area (Å²) in [7, 11) is 0. The van der Waals surface area contributed by atoms with E-state index in [1.54, 1.807) is 20.8 Å². The highest BCUT2D eigenvalue weighted by atomic mass is 32.2. The van der Waals surface area contributed by atoms with E-state index in [1.807, 2.05) is 84.9 Å². The van der Waals surface area contributed by atoms with Crippen LogP contribution in [0.4, 0.5) is 4.79 Å². The van der Waals surface area contributed by atoms with Crippen LogP contribution in [0.2, 0.25) is 0 Å². The van der Waals surface area contributed by atoms with E-state index in [0.717, 1.165) is 28.7 Å². The molecule has 0 aromatic heterocycles. The van der Waals surface area contributed by atoms with Crippen LogP contribution in [0.25, 0.3) is 0 Å². The lowest BCUT2D eigenvalue weighted by Gasteiger charge is -2.37. The first-order chi connectivity index (χ1) is 20.7. The van der Waals surface area contributed by atoms with Gasteiger partial charge in [0.25, 0.3) is 0 Å². The zero-order chi connectivity index (χ0) is 30.7. The summed E-state index contributed by atoms with van der Waals surface area (Å²) in [6.07, 6.45) is 0.780. The summed E-state index contributed by atoms with van der Waals surface area (Å²) in [5, 5.41) is 11.7. The number of carboxylic acid groups (broad SMARTS) is 1. The van der Waals surface area contributed by atoms with Gasteiger partial charge >= 0.3 is 12.1 Å². The van der Waals surface area contributed by atoms with Gasteiger partial charge in [-0.1, -0.05) is 121 Å². The molecule has 0 aliphatic carbocycles. The molecule has 2 N–H and O–H groups in total. The van der Waals surface area contributed by atoms with E-state index in [9.17, 15) is 14.7 Å². The third-order valence-electron chi connectivity index (χ3n) is 6.92. The van der Waals surface area contributed by atoms with Crippen molar-refractivity contribution in [3.05, 3.63) is 144 Å². The highest BCUT2D eigenvalue weighted by molar-refractivity contribution is 8.00. The third-order valence-corrected chi connectivity index (χ3v) is 8.56. The number of hydrogen-bond donors (Lipinski definition) is 2. The van der Waals surface area contributed by atoms with Gasteiger partial charge in [0.2, 0.25) is 0 Å². The number of aryl methyl sites for hydroxylation is 1. The molecule has 0 unspecified atom stereocenters. The quantitative estimate of drug-likeness (QED) is 0.123. The number of nitrogens with one attached hydrogen (secondary N) is 1. The molecule has 0 heterocycles. The highest BCUT2D eigenvalue weighted by Crippen LogP contribution is 2.48. The molecular weight excluding hydrogens is 556 g/mol. The molecule has 0 bridgehead atoms. The number of hydrazine groups is 1. The van der Waals surface area contributed by atoms with Crippen molar-refractivity contribution in [2.75, 3.05) is 12.3 Å². The molecule has 0 aliphatic rings. The van der Waals surface area contributed by atoms with E-state index in [-0.39, 0.29) is 5.75 Å². The number of carboxylic acids is 1. The molecule has 4 aromatic carbocycles. The number of benzene rings is 4. The molecule has 0 saturated carbocycles. The average Bonchev–Trinajstić information content (AvgIpc) is 3.01. The molecule has 0 radical (unpaired) electrons. The average molecular weight is 597 g/mol. The Balaban J connectivity index is 1.64. The number of thioether (sulfide) groups is 1. The van der Waals surface area contributed by atoms with Crippen LogP contribution in [0.5, 0.6) is 0 Å². The van der Waals surface area contributed by atoms with Crippen LogP contribution in [0.1, 0.15) is 49.4 Å². The maximum Gasteiger partial charge on any atom is 0.424 e. The summed E-state index contributed by atoms with van der Waals surface area (Å²) in [4.78, 5) is 26.0. The maximum atomic E-state index is 13.3. The Bertz CT molecular complexity index is 1330. The van der Waals surface area contributed by atoms with Crippen molar-refractivity contribution < 1.29 is 19.4 Å². The van der Waals surface area contributed by atoms with Crippen LogP contribution in [0.15, 0.2) is 121 Å². The van der Waals surface area contributed by atoms with Crippen molar-refractivity contribution in [3.8, 4) is 0 Å². The lowest BCUT2D eigenvalue weighted by atomic mass is 9.84. The van der Waals surface area contributed by atoms with Crippen LogP contribution in [0.3, 0.4) is 0 Å². The SMILES string of the molecule is CC(C)(C)OC(=O)N(CCCc1ccccc1)N[C@@H](CSC(c1ccccc1)(c1ccccc1)c1ccccc1)C(=O)O. The first-order valence-corrected chi connectivity index (χ1v) is 15.5. The fourth-order valence-corrected chi connectivity index (χ4v) is 6.48. The standard InChI is InChI=1S/C36H40N2O4S/c1-35(2,3)42-34(41)38(26-16-19-28-17-8-4-9-18-28)37-32(33(39)40)27-43-36(29-20-10-5-11-21-29,30-22-12-6-13-23-30)31-24-14-7-15-25-31/h4-15,17-18,20-25,32,37H,16,19,26-27H2,1-3H3,(H,39,40)/t32-/m0/s1. The fraction of sp³-hybridized carbons (Fsp3) is 0.278. The van der Waals surface area contributed by atoms with Crippen molar-refractivity contribution in [1.82, 2.24) is 10.4 Å². The van der Waals surface area contributed by atoms with Gasteiger partial charge in [0, 0.05) is 12.3 Å². The van der Waals surface area contributed by atoms with Gasteiger partial charge < -0.3 is 9.84 Å². The summed E-state index contributed by atoms with van der Waals surface area (Å²) < 4.78 is 4.97. The number of hydrogen-bond acceptors (Lipinski definition) is 5. The Morgan fingerprint density at radius 1 is 0.767 bits per heavy atom. The molecule has 0 fully saturated rings. The van der Waals surface area contributed by atoms with Crippen molar-refractivity contribution in [3.63, 3.8) is 0 Å². The van der Waals surface area contributed by atoms with Gasteiger partial charge in [0.1, 0.15) is 11.6 Å². The second kappa shape index (κ2) is 14.9. The number of aliphatic carboxylic acids is 1. The highest BCUT2D eigenvalue weighted by Gasteiger charge is 2.39. The summed E-state index contributed by atoms with van der Waals surface area (Å²) in [6, 6.07) is 39.3. The molecule has 43 heavy (non-hydrogen) atoms. The number of rotatable bonds is 13. The van der Waals surface area contributed by atoms with Crippen molar-refractivity contribution in [2.24, 2.45) is 0 Å². The van der Waals surface area contributed by atoms with Gasteiger partial charge in [-0.3, -0.25) is 4.79 Å². The number of carbonyl (C=O) groups is 2. The second-order valence-electron chi connectivity index (χ2n) is 11.3. The minimum Gasteiger partial charge on any atom is -0.480 e. The number of carbonyl (C=O) groups excluding carboxylic acids is 1. The molecule has 224 valence electrons. The van der Waals surface area contributed by atoms with Crippen molar-refractivity contribution >= 4 is 23.8 Å². The van der Waals surface area contributed by atoms with E-state index < -0.39 is 28.5 Å². The number of ether oxygens (including phenoxy) is 1. The van der Waals surface area contributed by atoms with E-state index in [4.69, 9.17) is 4.74 Å². The Kier molecular flexibility index (Phi) is 11.0. The van der Waals surface area contributed by atoms with Crippen LogP contribution in [-0.4, -0.2) is 46.1 Å². The minimum absolute atomic E-state index is 0.173. The molecule has 4 rings (SSSR count). The third kappa shape index (κ3) is 8.72. The summed E-state index contributed by atoms with van der Waals surface area (Å²) in [6.45, 7) is 5.68. The van der Waals surface area contributed by atoms with E-state index in [0.29, 0.717) is 13.0 Å². The first kappa shape index (κ1) is 31.9. The van der Waals surface area contributed by atoms with Gasteiger partial charge in [-0.15, -0.1) is 11.8 Å². The zero-order valence-electron chi connectivity index (χ0n) is 25.0. The molecule has 0 aliphatic heterocycles. The monoisotopic (exact) mass is 596 g/mol. The minimum atomic E-state index is -1.07. The predicted molar refractivity (Wildman–Crippen MR) is 174 cm³/mol. The van der Waals surface area contributed by atoms with E-state index in [1.165, 1.54) is 16.8 Å². The largest absolute Gasteiger partial charge is 0.480 e. The van der Waals surface area contributed by atoms with Crippen LogP contribution >= 0.6 is 11.8 Å². The number of nitrogens with zero attached hydrogens (tertiary/aromatic N) is 1. The Labute approximate surface area is 259 Å². The number of amides is 1. The van der Waals surface area contributed by atoms with Crippen molar-refractivity contribution in [1.29, 1.82) is 0 Å². The molecule has 7 heteroatoms. The van der Waals surface area contributed by atoms with Crippen molar-refractivity contribution in [2.45, 2.75) is 50.0 Å². The maximum absolute atomic E-state index is 13.3. The van der Waals surface area contributed by atoms with Gasteiger partial charge in [-0.25, -0.2) is 15.2 Å². The van der Waals surface area contributed by atoms with Crippen LogP contribution in [-0.2, 0) is 20.7 Å². The summed E-state index contributed by atoms with van der Waals surface area (Å²) >= 11 is 1.53. The zero-order valence-corrected chi connectivity index (χ0v) is 25.8. The summed E-state index contributed by atoms with van der Waals surface area (Å²) in [5.41, 5.74) is 6.55. The van der Waals surface area contributed by atoms with Gasteiger partial charge in [-0.05, 0) is 55.9 Å². The molecule has 0 spiro atoms. The molecule has 1 amide bonds. The molecule has 1 atom stereocenters. The molecule has 6 nitrogen and oxygen atoms in total. The summed E-state index contributed by atoms with van der Waals surface area (Å²) in [5.74, 6) is -0.876. The lowest BCUT2D eigenvalue weighted by molar-refractivity contribution is -0.140. The molecule has 4 aromatic rings. The fourth-order valence-electron chi connectivity index (χ4n) is 4.94.